The smallest absolute Gasteiger partial charge is 0.0471 e. The summed E-state index contributed by atoms with van der Waals surface area (Å²) in [7, 11) is 4.07. The minimum absolute atomic E-state index is 0.584. The zero-order chi connectivity index (χ0) is 12.8. The molecule has 0 bridgehead atoms. The van der Waals surface area contributed by atoms with Gasteiger partial charge in [0.1, 0.15) is 0 Å². The van der Waals surface area contributed by atoms with Crippen LogP contribution in [0.4, 0.5) is 5.69 Å². The molecule has 0 amide bonds. The quantitative estimate of drug-likeness (QED) is 0.833. The van der Waals surface area contributed by atoms with Crippen LogP contribution in [0.1, 0.15) is 32.3 Å². The van der Waals surface area contributed by atoms with Gasteiger partial charge in [-0.05, 0) is 37.6 Å². The van der Waals surface area contributed by atoms with Crippen LogP contribution in [0.15, 0.2) is 18.2 Å². The SMILES string of the molecule is CCC(CC)N(C)c1ccc(CNC)c(Cl)c1. The Morgan fingerprint density at radius 1 is 1.29 bits per heavy atom. The largest absolute Gasteiger partial charge is 0.372 e. The van der Waals surface area contributed by atoms with Crippen molar-refractivity contribution >= 4 is 17.3 Å². The lowest BCUT2D eigenvalue weighted by Crippen LogP contribution is -2.30. The fraction of sp³-hybridized carbons (Fsp3) is 0.571. The average molecular weight is 255 g/mol. The van der Waals surface area contributed by atoms with Crippen LogP contribution in [0.5, 0.6) is 0 Å². The van der Waals surface area contributed by atoms with E-state index in [-0.39, 0.29) is 0 Å². The lowest BCUT2D eigenvalue weighted by Gasteiger charge is -2.28. The van der Waals surface area contributed by atoms with E-state index in [1.54, 1.807) is 0 Å². The standard InChI is InChI=1S/C14H23ClN2/c1-5-12(6-2)17(4)13-8-7-11(10-16-3)14(15)9-13/h7-9,12,16H,5-6,10H2,1-4H3. The van der Waals surface area contributed by atoms with Crippen molar-refractivity contribution in [3.05, 3.63) is 28.8 Å². The molecule has 1 rings (SSSR count). The summed E-state index contributed by atoms with van der Waals surface area (Å²) < 4.78 is 0. The first-order chi connectivity index (χ1) is 8.13. The fourth-order valence-corrected chi connectivity index (χ4v) is 2.38. The number of hydrogen-bond acceptors (Lipinski definition) is 2. The summed E-state index contributed by atoms with van der Waals surface area (Å²) >= 11 is 6.28. The molecule has 2 nitrogen and oxygen atoms in total. The van der Waals surface area contributed by atoms with Gasteiger partial charge in [0.2, 0.25) is 0 Å². The van der Waals surface area contributed by atoms with Crippen LogP contribution < -0.4 is 10.2 Å². The van der Waals surface area contributed by atoms with Crippen LogP contribution in [-0.4, -0.2) is 20.1 Å². The Labute approximate surface area is 110 Å². The molecule has 3 heteroatoms. The molecule has 0 atom stereocenters. The molecule has 0 fully saturated rings. The fourth-order valence-electron chi connectivity index (χ4n) is 2.14. The Balaban J connectivity index is 2.88. The molecule has 0 heterocycles. The van der Waals surface area contributed by atoms with Crippen molar-refractivity contribution in [1.82, 2.24) is 5.32 Å². The third-order valence-electron chi connectivity index (χ3n) is 3.30. The van der Waals surface area contributed by atoms with Gasteiger partial charge in [-0.3, -0.25) is 0 Å². The summed E-state index contributed by atoms with van der Waals surface area (Å²) in [6.07, 6.45) is 2.31. The second-order valence-corrected chi connectivity index (χ2v) is 4.79. The number of halogens is 1. The van der Waals surface area contributed by atoms with Crippen molar-refractivity contribution in [2.75, 3.05) is 19.0 Å². The molecule has 0 radical (unpaired) electrons. The third-order valence-corrected chi connectivity index (χ3v) is 3.65. The van der Waals surface area contributed by atoms with E-state index in [2.05, 4.69) is 49.3 Å². The van der Waals surface area contributed by atoms with Gasteiger partial charge in [-0.2, -0.15) is 0 Å². The van der Waals surface area contributed by atoms with Crippen LogP contribution in [0.3, 0.4) is 0 Å². The molecule has 0 aromatic heterocycles. The number of anilines is 1. The van der Waals surface area contributed by atoms with Gasteiger partial charge in [-0.25, -0.2) is 0 Å². The van der Waals surface area contributed by atoms with E-state index in [4.69, 9.17) is 11.6 Å². The summed E-state index contributed by atoms with van der Waals surface area (Å²) in [5.74, 6) is 0. The minimum atomic E-state index is 0.584. The van der Waals surface area contributed by atoms with Gasteiger partial charge in [0.25, 0.3) is 0 Å². The van der Waals surface area contributed by atoms with Gasteiger partial charge < -0.3 is 10.2 Å². The van der Waals surface area contributed by atoms with Gasteiger partial charge in [0.05, 0.1) is 0 Å². The van der Waals surface area contributed by atoms with Crippen molar-refractivity contribution < 1.29 is 0 Å². The number of rotatable bonds is 6. The minimum Gasteiger partial charge on any atom is -0.372 e. The summed E-state index contributed by atoms with van der Waals surface area (Å²) in [5, 5.41) is 3.96. The average Bonchev–Trinajstić information content (AvgIpc) is 2.33. The predicted octanol–water partition coefficient (Wildman–Crippen LogP) is 3.68. The summed E-state index contributed by atoms with van der Waals surface area (Å²) in [4.78, 5) is 2.31. The molecule has 0 aliphatic rings. The van der Waals surface area contributed by atoms with Crippen molar-refractivity contribution in [1.29, 1.82) is 0 Å². The molecule has 0 aliphatic carbocycles. The Morgan fingerprint density at radius 2 is 1.94 bits per heavy atom. The Bertz CT molecular complexity index is 348. The number of nitrogens with one attached hydrogen (secondary N) is 1. The highest BCUT2D eigenvalue weighted by molar-refractivity contribution is 6.31. The van der Waals surface area contributed by atoms with Crippen LogP contribution >= 0.6 is 11.6 Å². The number of nitrogens with zero attached hydrogens (tertiary/aromatic N) is 1. The Hall–Kier alpha value is -0.730. The topological polar surface area (TPSA) is 15.3 Å². The van der Waals surface area contributed by atoms with Gasteiger partial charge in [0.15, 0.2) is 0 Å². The molecule has 0 saturated carbocycles. The second kappa shape index (κ2) is 6.87. The highest BCUT2D eigenvalue weighted by atomic mass is 35.5. The van der Waals surface area contributed by atoms with E-state index in [0.29, 0.717) is 6.04 Å². The lowest BCUT2D eigenvalue weighted by molar-refractivity contribution is 0.591. The highest BCUT2D eigenvalue weighted by Gasteiger charge is 2.12. The molecule has 17 heavy (non-hydrogen) atoms. The van der Waals surface area contributed by atoms with E-state index in [9.17, 15) is 0 Å². The summed E-state index contributed by atoms with van der Waals surface area (Å²) in [6.45, 7) is 5.26. The van der Waals surface area contributed by atoms with Crippen molar-refractivity contribution in [3.63, 3.8) is 0 Å². The maximum Gasteiger partial charge on any atom is 0.0471 e. The Kier molecular flexibility index (Phi) is 5.79. The molecular formula is C14H23ClN2. The van der Waals surface area contributed by atoms with Crippen LogP contribution in [0.25, 0.3) is 0 Å². The van der Waals surface area contributed by atoms with Crippen LogP contribution in [-0.2, 0) is 6.54 Å². The molecule has 1 N–H and O–H groups in total. The first-order valence-electron chi connectivity index (χ1n) is 6.29. The Morgan fingerprint density at radius 3 is 2.41 bits per heavy atom. The summed E-state index contributed by atoms with van der Waals surface area (Å²) in [5.41, 5.74) is 2.35. The molecule has 1 aromatic rings. The van der Waals surface area contributed by atoms with Crippen molar-refractivity contribution in [3.8, 4) is 0 Å². The highest BCUT2D eigenvalue weighted by Crippen LogP contribution is 2.25. The maximum atomic E-state index is 6.28. The zero-order valence-corrected chi connectivity index (χ0v) is 12.0. The van der Waals surface area contributed by atoms with Crippen molar-refractivity contribution in [2.24, 2.45) is 0 Å². The molecule has 0 saturated heterocycles. The van der Waals surface area contributed by atoms with Gasteiger partial charge in [0, 0.05) is 30.3 Å². The molecule has 0 unspecified atom stereocenters. The monoisotopic (exact) mass is 254 g/mol. The van der Waals surface area contributed by atoms with Crippen LogP contribution in [0.2, 0.25) is 5.02 Å². The maximum absolute atomic E-state index is 6.28. The number of benzene rings is 1. The lowest BCUT2D eigenvalue weighted by atomic mass is 10.1. The number of hydrogen-bond donors (Lipinski definition) is 1. The van der Waals surface area contributed by atoms with E-state index in [1.165, 1.54) is 5.69 Å². The summed E-state index contributed by atoms with van der Waals surface area (Å²) in [6, 6.07) is 6.90. The first-order valence-corrected chi connectivity index (χ1v) is 6.67. The third kappa shape index (κ3) is 3.62. The molecular weight excluding hydrogens is 232 g/mol. The molecule has 96 valence electrons. The first kappa shape index (κ1) is 14.3. The van der Waals surface area contributed by atoms with Gasteiger partial charge in [-0.1, -0.05) is 31.5 Å². The predicted molar refractivity (Wildman–Crippen MR) is 77.0 cm³/mol. The molecule has 1 aromatic carbocycles. The zero-order valence-electron chi connectivity index (χ0n) is 11.3. The van der Waals surface area contributed by atoms with Crippen molar-refractivity contribution in [2.45, 2.75) is 39.3 Å². The van der Waals surface area contributed by atoms with E-state index >= 15 is 0 Å². The van der Waals surface area contributed by atoms with Gasteiger partial charge >= 0.3 is 0 Å². The second-order valence-electron chi connectivity index (χ2n) is 4.39. The molecule has 0 spiro atoms. The van der Waals surface area contributed by atoms with Gasteiger partial charge in [-0.15, -0.1) is 0 Å². The molecule has 0 aliphatic heterocycles. The van der Waals surface area contributed by atoms with E-state index in [0.717, 1.165) is 30.0 Å². The van der Waals surface area contributed by atoms with Crippen LogP contribution in [0, 0.1) is 0 Å². The van der Waals surface area contributed by atoms with E-state index < -0.39 is 0 Å². The normalized spacial score (nSPS) is 10.9. The van der Waals surface area contributed by atoms with E-state index in [1.807, 2.05) is 7.05 Å².